The largest absolute Gasteiger partial charge is 0.455 e. The number of halogens is 2. The van der Waals surface area contributed by atoms with Crippen LogP contribution in [0.5, 0.6) is 11.5 Å². The molecule has 0 amide bonds. The highest BCUT2D eigenvalue weighted by molar-refractivity contribution is 5.92. The number of benzene rings is 2. The van der Waals surface area contributed by atoms with Crippen LogP contribution in [0.25, 0.3) is 10.9 Å². The third kappa shape index (κ3) is 4.43. The summed E-state index contributed by atoms with van der Waals surface area (Å²) in [6.07, 6.45) is 0.960. The third-order valence-corrected chi connectivity index (χ3v) is 4.71. The number of hydrogen-bond donors (Lipinski definition) is 1. The molecule has 0 aliphatic rings. The molecule has 4 rings (SSSR count). The number of anilines is 2. The number of alkyl halides is 2. The number of nitrogens with zero attached hydrogens (tertiary/aromatic N) is 4. The molecule has 10 heteroatoms. The van der Waals surface area contributed by atoms with Crippen molar-refractivity contribution in [1.82, 2.24) is 15.0 Å². The number of aromatic nitrogens is 3. The van der Waals surface area contributed by atoms with Gasteiger partial charge in [0, 0.05) is 23.2 Å². The Morgan fingerprint density at radius 2 is 1.97 bits per heavy atom. The number of ether oxygens (including phenoxy) is 1. The van der Waals surface area contributed by atoms with Gasteiger partial charge in [-0.25, -0.2) is 18.7 Å². The van der Waals surface area contributed by atoms with E-state index in [1.54, 1.807) is 18.2 Å². The molecule has 1 unspecified atom stereocenters. The number of nitro groups is 1. The predicted molar refractivity (Wildman–Crippen MR) is 115 cm³/mol. The van der Waals surface area contributed by atoms with E-state index in [1.807, 2.05) is 13.0 Å². The standard InChI is InChI=1S/C22H17F2N5O3/c1-13-8-14(2-7-21(13)32-16-4-6-20(25-11-16)18(24)10-23)28-22-17-9-15(29(30)31)3-5-19(17)26-12-27-22/h2-9,11-12,18H,10H2,1H3,(H,26,27,28). The summed E-state index contributed by atoms with van der Waals surface area (Å²) in [6, 6.07) is 12.6. The van der Waals surface area contributed by atoms with Gasteiger partial charge in [0.25, 0.3) is 5.69 Å². The first kappa shape index (κ1) is 21.0. The van der Waals surface area contributed by atoms with E-state index in [2.05, 4.69) is 20.3 Å². The predicted octanol–water partition coefficient (Wildman–Crippen LogP) is 5.76. The summed E-state index contributed by atoms with van der Waals surface area (Å²) in [6.45, 7) is 0.710. The Bertz CT molecular complexity index is 1280. The minimum Gasteiger partial charge on any atom is -0.455 e. The summed E-state index contributed by atoms with van der Waals surface area (Å²) in [4.78, 5) is 22.9. The molecule has 2 heterocycles. The molecule has 0 fully saturated rings. The van der Waals surface area contributed by atoms with E-state index in [9.17, 15) is 18.9 Å². The van der Waals surface area contributed by atoms with Gasteiger partial charge in [-0.05, 0) is 48.9 Å². The average molecular weight is 437 g/mol. The fourth-order valence-corrected chi connectivity index (χ4v) is 3.08. The molecule has 0 spiro atoms. The maximum Gasteiger partial charge on any atom is 0.270 e. The van der Waals surface area contributed by atoms with Gasteiger partial charge in [0.15, 0.2) is 6.17 Å². The van der Waals surface area contributed by atoms with Crippen molar-refractivity contribution < 1.29 is 18.4 Å². The molecule has 1 atom stereocenters. The van der Waals surface area contributed by atoms with Crippen LogP contribution in [0.3, 0.4) is 0 Å². The van der Waals surface area contributed by atoms with Crippen molar-refractivity contribution in [3.63, 3.8) is 0 Å². The third-order valence-electron chi connectivity index (χ3n) is 4.71. The number of pyridine rings is 1. The molecule has 8 nitrogen and oxygen atoms in total. The van der Waals surface area contributed by atoms with Crippen LogP contribution in [0.1, 0.15) is 17.4 Å². The van der Waals surface area contributed by atoms with Gasteiger partial charge < -0.3 is 10.1 Å². The van der Waals surface area contributed by atoms with Gasteiger partial charge in [0.1, 0.15) is 30.3 Å². The molecule has 2 aromatic carbocycles. The Morgan fingerprint density at radius 3 is 2.66 bits per heavy atom. The van der Waals surface area contributed by atoms with Gasteiger partial charge in [-0.2, -0.15) is 0 Å². The molecule has 0 aliphatic carbocycles. The van der Waals surface area contributed by atoms with Crippen molar-refractivity contribution >= 4 is 28.1 Å². The zero-order chi connectivity index (χ0) is 22.7. The first-order valence-corrected chi connectivity index (χ1v) is 9.55. The summed E-state index contributed by atoms with van der Waals surface area (Å²) in [5.41, 5.74) is 2.01. The zero-order valence-corrected chi connectivity index (χ0v) is 16.8. The number of nitrogens with one attached hydrogen (secondary N) is 1. The fourth-order valence-electron chi connectivity index (χ4n) is 3.08. The average Bonchev–Trinajstić information content (AvgIpc) is 2.80. The Labute approximate surface area is 181 Å². The highest BCUT2D eigenvalue weighted by Gasteiger charge is 2.13. The molecular formula is C22H17F2N5O3. The summed E-state index contributed by atoms with van der Waals surface area (Å²) in [5, 5.41) is 14.8. The monoisotopic (exact) mass is 437 g/mol. The van der Waals surface area contributed by atoms with Crippen molar-refractivity contribution in [2.45, 2.75) is 13.1 Å². The maximum absolute atomic E-state index is 13.3. The lowest BCUT2D eigenvalue weighted by Crippen LogP contribution is -1.99. The summed E-state index contributed by atoms with van der Waals surface area (Å²) < 4.78 is 31.5. The second-order valence-electron chi connectivity index (χ2n) is 6.93. The normalized spacial score (nSPS) is 11.8. The Balaban J connectivity index is 1.55. The minimum atomic E-state index is -1.75. The Kier molecular flexibility index (Phi) is 5.84. The maximum atomic E-state index is 13.3. The number of nitro benzene ring substituents is 1. The fraction of sp³-hybridized carbons (Fsp3) is 0.136. The summed E-state index contributed by atoms with van der Waals surface area (Å²) >= 11 is 0. The van der Waals surface area contributed by atoms with Gasteiger partial charge in [-0.15, -0.1) is 0 Å². The van der Waals surface area contributed by atoms with E-state index in [0.717, 1.165) is 5.56 Å². The van der Waals surface area contributed by atoms with E-state index in [-0.39, 0.29) is 11.4 Å². The molecule has 4 aromatic rings. The number of aryl methyl sites for hydroxylation is 1. The minimum absolute atomic E-state index is 0.00781. The van der Waals surface area contributed by atoms with Crippen LogP contribution < -0.4 is 10.1 Å². The highest BCUT2D eigenvalue weighted by atomic mass is 19.2. The summed E-state index contributed by atoms with van der Waals surface area (Å²) in [7, 11) is 0. The highest BCUT2D eigenvalue weighted by Crippen LogP contribution is 2.31. The number of non-ortho nitro benzene ring substituents is 1. The SMILES string of the molecule is Cc1cc(Nc2ncnc3ccc([N+](=O)[O-])cc23)ccc1Oc1ccc(C(F)CF)nc1. The topological polar surface area (TPSA) is 103 Å². The van der Waals surface area contributed by atoms with Gasteiger partial charge in [0.05, 0.1) is 22.3 Å². The molecule has 0 bridgehead atoms. The zero-order valence-electron chi connectivity index (χ0n) is 16.8. The molecule has 0 saturated carbocycles. The molecule has 1 N–H and O–H groups in total. The van der Waals surface area contributed by atoms with Crippen LogP contribution in [-0.2, 0) is 0 Å². The summed E-state index contributed by atoms with van der Waals surface area (Å²) in [5.74, 6) is 1.37. The second-order valence-corrected chi connectivity index (χ2v) is 6.93. The number of fused-ring (bicyclic) bond motifs is 1. The Hall–Kier alpha value is -4.21. The van der Waals surface area contributed by atoms with Crippen LogP contribution >= 0.6 is 0 Å². The van der Waals surface area contributed by atoms with Crippen LogP contribution in [0.2, 0.25) is 0 Å². The van der Waals surface area contributed by atoms with Crippen molar-refractivity contribution in [2.24, 2.45) is 0 Å². The van der Waals surface area contributed by atoms with Crippen molar-refractivity contribution in [1.29, 1.82) is 0 Å². The number of hydrogen-bond acceptors (Lipinski definition) is 7. The van der Waals surface area contributed by atoms with E-state index in [0.29, 0.717) is 33.9 Å². The molecule has 0 saturated heterocycles. The van der Waals surface area contributed by atoms with Gasteiger partial charge in [0.2, 0.25) is 0 Å². The quantitative estimate of drug-likeness (QED) is 0.290. The van der Waals surface area contributed by atoms with Crippen molar-refractivity contribution in [3.8, 4) is 11.5 Å². The lowest BCUT2D eigenvalue weighted by molar-refractivity contribution is -0.384. The smallest absolute Gasteiger partial charge is 0.270 e. The van der Waals surface area contributed by atoms with Gasteiger partial charge in [-0.1, -0.05) is 0 Å². The number of rotatable bonds is 7. The van der Waals surface area contributed by atoms with Crippen LogP contribution in [-0.4, -0.2) is 26.5 Å². The van der Waals surface area contributed by atoms with Crippen molar-refractivity contribution in [2.75, 3.05) is 12.0 Å². The van der Waals surface area contributed by atoms with E-state index >= 15 is 0 Å². The second kappa shape index (κ2) is 8.88. The first-order chi connectivity index (χ1) is 15.4. The van der Waals surface area contributed by atoms with E-state index < -0.39 is 17.8 Å². The lowest BCUT2D eigenvalue weighted by Gasteiger charge is -2.12. The van der Waals surface area contributed by atoms with Gasteiger partial charge >= 0.3 is 0 Å². The van der Waals surface area contributed by atoms with Gasteiger partial charge in [-0.3, -0.25) is 15.1 Å². The molecule has 2 aromatic heterocycles. The van der Waals surface area contributed by atoms with E-state index in [4.69, 9.17) is 4.74 Å². The molecule has 0 aliphatic heterocycles. The van der Waals surface area contributed by atoms with Crippen LogP contribution in [0.15, 0.2) is 61.1 Å². The van der Waals surface area contributed by atoms with E-state index in [1.165, 1.54) is 36.8 Å². The molecular weight excluding hydrogens is 420 g/mol. The van der Waals surface area contributed by atoms with Crippen molar-refractivity contribution in [3.05, 3.63) is 82.4 Å². The first-order valence-electron chi connectivity index (χ1n) is 9.55. The van der Waals surface area contributed by atoms with Crippen LogP contribution in [0.4, 0.5) is 26.0 Å². The molecule has 0 radical (unpaired) electrons. The lowest BCUT2D eigenvalue weighted by atomic mass is 10.1. The molecule has 32 heavy (non-hydrogen) atoms. The van der Waals surface area contributed by atoms with Crippen LogP contribution in [0, 0.1) is 17.0 Å². The Morgan fingerprint density at radius 1 is 1.12 bits per heavy atom. The molecule has 162 valence electrons.